The van der Waals surface area contributed by atoms with Gasteiger partial charge in [-0.2, -0.15) is 0 Å². The van der Waals surface area contributed by atoms with Crippen LogP contribution >= 0.6 is 0 Å². The number of aromatic nitrogens is 4. The van der Waals surface area contributed by atoms with Crippen molar-refractivity contribution in [1.29, 1.82) is 0 Å². The first-order valence-electron chi connectivity index (χ1n) is 44.1. The lowest BCUT2D eigenvalue weighted by atomic mass is 9.97. The van der Waals surface area contributed by atoms with Gasteiger partial charge in [0.2, 0.25) is 0 Å². The molecule has 26 aromatic rings. The van der Waals surface area contributed by atoms with Crippen molar-refractivity contribution in [2.24, 2.45) is 0 Å². The maximum absolute atomic E-state index is 6.55. The Bertz CT molecular complexity index is 9060. The number of para-hydroxylation sites is 17. The number of rotatable bonds is 8. The molecule has 0 fully saturated rings. The Morgan fingerprint density at radius 2 is 0.465 bits per heavy atom. The second kappa shape index (κ2) is 28.6. The summed E-state index contributed by atoms with van der Waals surface area (Å²) in [5.41, 5.74) is 38.0. The molecule has 0 unspecified atom stereocenters. The van der Waals surface area contributed by atoms with Crippen LogP contribution in [0.1, 0.15) is 0 Å². The summed E-state index contributed by atoms with van der Waals surface area (Å²) in [5.74, 6) is 0. The smallest absolute Gasteiger partial charge is 0.159 e. The zero-order valence-corrected chi connectivity index (χ0v) is 69.7. The molecule has 9 nitrogen and oxygen atoms in total. The molecule has 9 heterocycles. The highest BCUT2D eigenvalue weighted by atomic mass is 16.3. The summed E-state index contributed by atoms with van der Waals surface area (Å²) in [4.78, 5) is 7.16. The molecule has 0 saturated heterocycles. The molecule has 29 rings (SSSR count). The molecule has 0 saturated carbocycles. The van der Waals surface area contributed by atoms with Crippen molar-refractivity contribution in [3.8, 4) is 67.3 Å². The lowest BCUT2D eigenvalue weighted by Gasteiger charge is -2.33. The van der Waals surface area contributed by atoms with E-state index in [0.29, 0.717) is 0 Å². The second-order valence-corrected chi connectivity index (χ2v) is 33.8. The van der Waals surface area contributed by atoms with Crippen molar-refractivity contribution in [1.82, 2.24) is 18.3 Å². The molecule has 3 aliphatic rings. The summed E-state index contributed by atoms with van der Waals surface area (Å²) in [6.07, 6.45) is 0. The van der Waals surface area contributed by atoms with E-state index in [-0.39, 0.29) is 0 Å². The zero-order valence-electron chi connectivity index (χ0n) is 69.7. The fraction of sp³-hybridized carbons (Fsp3) is 0. The van der Waals surface area contributed by atoms with E-state index in [1.165, 1.54) is 166 Å². The molecule has 6 aromatic heterocycles. The minimum atomic E-state index is 0.899. The van der Waals surface area contributed by atoms with Crippen molar-refractivity contribution in [3.63, 3.8) is 0 Å². The number of nitrogens with zero attached hydrogens (tertiary/aromatic N) is 7. The Hall–Kier alpha value is -17.4. The third-order valence-electron chi connectivity index (χ3n) is 26.8. The average Bonchev–Trinajstić information content (AvgIpc) is 1.56. The number of benzene rings is 20. The summed E-state index contributed by atoms with van der Waals surface area (Å²) in [6.45, 7) is 0. The molecule has 0 atom stereocenters. The highest BCUT2D eigenvalue weighted by Crippen LogP contribution is 2.56. The monoisotopic (exact) mass is 1650 g/mol. The molecule has 9 heteroatoms. The predicted octanol–water partition coefficient (Wildman–Crippen LogP) is 33.3. The van der Waals surface area contributed by atoms with Gasteiger partial charge in [-0.05, 0) is 203 Å². The van der Waals surface area contributed by atoms with Crippen molar-refractivity contribution in [2.45, 2.75) is 0 Å². The van der Waals surface area contributed by atoms with E-state index in [1.54, 1.807) is 0 Å². The lowest BCUT2D eigenvalue weighted by molar-refractivity contribution is 0.669. The SMILES string of the molecule is c1ccc(-c2cccc(-c3ccc4c(c3)c3cccc5c3n4-c3ccccc3N5c3cccc4c3oc3ccccc34)c2)cc1.c1ccc(N2c3ccccc3-n3c4ccc(-c5cccc(-c6cccc7c6oc6ccccc67)c5)cc4c4cccc2c43)cc1.c1ccc(N2c3ccccc3-n3c4ccc(-n5c6ccccc6c6ccccc65)cc4c4cccc2c43)cc1. The van der Waals surface area contributed by atoms with Gasteiger partial charge in [0, 0.05) is 87.3 Å². The highest BCUT2D eigenvalue weighted by Gasteiger charge is 2.34. The minimum absolute atomic E-state index is 0.899. The van der Waals surface area contributed by atoms with Crippen LogP contribution < -0.4 is 14.7 Å². The van der Waals surface area contributed by atoms with Crippen molar-refractivity contribution >= 4 is 182 Å². The van der Waals surface area contributed by atoms with Crippen LogP contribution in [-0.4, -0.2) is 18.3 Å². The number of anilines is 9. The summed E-state index contributed by atoms with van der Waals surface area (Å²) in [7, 11) is 0. The summed E-state index contributed by atoms with van der Waals surface area (Å²) in [6, 6.07) is 163. The number of fused-ring (bicyclic) bond motifs is 24. The van der Waals surface area contributed by atoms with E-state index in [1.807, 2.05) is 18.2 Å². The first kappa shape index (κ1) is 72.1. The summed E-state index contributed by atoms with van der Waals surface area (Å²) in [5, 5.41) is 14.6. The fourth-order valence-electron chi connectivity index (χ4n) is 21.3. The van der Waals surface area contributed by atoms with Gasteiger partial charge in [0.1, 0.15) is 16.7 Å². The van der Waals surface area contributed by atoms with E-state index in [0.717, 1.165) is 83.4 Å². The molecule has 0 radical (unpaired) electrons. The Labute approximate surface area is 741 Å². The van der Waals surface area contributed by atoms with Gasteiger partial charge in [-0.1, -0.05) is 291 Å². The summed E-state index contributed by atoms with van der Waals surface area (Å²) < 4.78 is 22.7. The van der Waals surface area contributed by atoms with Crippen LogP contribution in [0.2, 0.25) is 0 Å². The molecule has 0 N–H and O–H groups in total. The Balaban J connectivity index is 0.000000100. The molecule has 0 amide bonds. The van der Waals surface area contributed by atoms with E-state index in [2.05, 4.69) is 470 Å². The zero-order chi connectivity index (χ0) is 84.5. The van der Waals surface area contributed by atoms with Crippen LogP contribution in [0.4, 0.5) is 51.2 Å². The first-order chi connectivity index (χ1) is 64.0. The van der Waals surface area contributed by atoms with Crippen LogP contribution in [0.3, 0.4) is 0 Å². The van der Waals surface area contributed by atoms with Crippen LogP contribution in [0.15, 0.2) is 464 Å². The minimum Gasteiger partial charge on any atom is -0.455 e. The Morgan fingerprint density at radius 3 is 0.977 bits per heavy atom. The summed E-state index contributed by atoms with van der Waals surface area (Å²) >= 11 is 0. The van der Waals surface area contributed by atoms with Gasteiger partial charge in [-0.15, -0.1) is 0 Å². The normalized spacial score (nSPS) is 12.4. The second-order valence-electron chi connectivity index (χ2n) is 33.8. The first-order valence-corrected chi connectivity index (χ1v) is 44.1. The number of hydrogen-bond acceptors (Lipinski definition) is 5. The molecule has 3 aliphatic heterocycles. The van der Waals surface area contributed by atoms with Crippen LogP contribution in [0.5, 0.6) is 0 Å². The predicted molar refractivity (Wildman–Crippen MR) is 538 cm³/mol. The van der Waals surface area contributed by atoms with Gasteiger partial charge < -0.3 is 41.8 Å². The number of furan rings is 2. The molecular formula is C120H75N7O2. The van der Waals surface area contributed by atoms with Crippen molar-refractivity contribution in [3.05, 3.63) is 455 Å². The van der Waals surface area contributed by atoms with Gasteiger partial charge in [0.25, 0.3) is 0 Å². The average molecular weight is 1650 g/mol. The quantitative estimate of drug-likeness (QED) is 0.152. The van der Waals surface area contributed by atoms with Gasteiger partial charge in [-0.3, -0.25) is 0 Å². The Kier molecular flexibility index (Phi) is 16.0. The van der Waals surface area contributed by atoms with Crippen molar-refractivity contribution < 1.29 is 8.83 Å². The van der Waals surface area contributed by atoms with Gasteiger partial charge in [-0.25, -0.2) is 0 Å². The van der Waals surface area contributed by atoms with Crippen LogP contribution in [0.25, 0.3) is 198 Å². The Morgan fingerprint density at radius 1 is 0.147 bits per heavy atom. The van der Waals surface area contributed by atoms with Crippen LogP contribution in [0, 0.1) is 0 Å². The van der Waals surface area contributed by atoms with E-state index < -0.39 is 0 Å². The molecule has 0 bridgehead atoms. The van der Waals surface area contributed by atoms with E-state index in [9.17, 15) is 0 Å². The topological polar surface area (TPSA) is 55.7 Å². The third kappa shape index (κ3) is 11.0. The van der Waals surface area contributed by atoms with Gasteiger partial charge >= 0.3 is 0 Å². The molecular weight excluding hydrogens is 1570 g/mol. The molecule has 602 valence electrons. The largest absolute Gasteiger partial charge is 0.455 e. The van der Waals surface area contributed by atoms with Gasteiger partial charge in [0.05, 0.1) is 101 Å². The molecule has 0 aliphatic carbocycles. The van der Waals surface area contributed by atoms with Crippen molar-refractivity contribution in [2.75, 3.05) is 14.7 Å². The molecule has 20 aromatic carbocycles. The maximum atomic E-state index is 6.55. The molecule has 129 heavy (non-hydrogen) atoms. The fourth-order valence-corrected chi connectivity index (χ4v) is 21.3. The van der Waals surface area contributed by atoms with E-state index in [4.69, 9.17) is 8.83 Å². The van der Waals surface area contributed by atoms with E-state index >= 15 is 0 Å². The van der Waals surface area contributed by atoms with Gasteiger partial charge in [0.15, 0.2) is 5.58 Å². The standard InChI is InChI=1S/2C42H26N2O.C36H23N3/c1-2-13-30(14-3-1)43-37-19-5-6-20-38(37)44-36-24-23-28(26-35(36)33-17-10-21-39(43)41(33)44)27-11-8-12-29(25-27)31-16-9-18-34-32-15-4-7-22-40(32)45-42(31)34;1-2-11-27(12-3-1)28-13-8-14-29(25-28)30-23-24-35-34(26-30)32-16-9-20-38-41(32)44(35)37-19-6-5-18-36(37)43(38)39-21-10-17-33-31-15-4-7-22-40(31)45-42(33)39;1-2-11-24(12-3-1)37-33-18-8-9-19-34(33)39-32-22-21-25(23-29(32)28-15-10-20-35(37)36(28)39)38-30-16-6-4-13-26(30)27-14-5-7-17-31(27)38/h2*1-26H;1-23H. The number of hydrogen-bond donors (Lipinski definition) is 0. The van der Waals surface area contributed by atoms with Crippen LogP contribution in [-0.2, 0) is 0 Å². The molecule has 0 spiro atoms. The third-order valence-corrected chi connectivity index (χ3v) is 26.8. The lowest BCUT2D eigenvalue weighted by Crippen LogP contribution is -2.18. The maximum Gasteiger partial charge on any atom is 0.159 e. The highest BCUT2D eigenvalue weighted by molar-refractivity contribution is 6.22.